The molecule has 4 rings (SSSR count). The number of fused-ring (bicyclic) bond motifs is 1. The second-order valence-electron chi connectivity index (χ2n) is 8.52. The Morgan fingerprint density at radius 2 is 1.88 bits per heavy atom. The fourth-order valence-corrected chi connectivity index (χ4v) is 4.35. The van der Waals surface area contributed by atoms with Crippen LogP contribution in [-0.4, -0.2) is 35.6 Å². The lowest BCUT2D eigenvalue weighted by Crippen LogP contribution is -2.46. The molecule has 2 amide bonds. The molecule has 0 saturated heterocycles. The number of carbonyl (C=O) groups is 1. The van der Waals surface area contributed by atoms with Crippen molar-refractivity contribution in [1.82, 2.24) is 15.2 Å². The Hall–Kier alpha value is -3.28. The van der Waals surface area contributed by atoms with Crippen LogP contribution in [0.3, 0.4) is 0 Å². The molecule has 2 N–H and O–H groups in total. The van der Waals surface area contributed by atoms with Crippen molar-refractivity contribution in [3.05, 3.63) is 76.1 Å². The molecule has 0 aliphatic heterocycles. The Morgan fingerprint density at radius 3 is 2.62 bits per heavy atom. The van der Waals surface area contributed by atoms with E-state index in [0.717, 1.165) is 48.8 Å². The Bertz CT molecular complexity index is 1100. The van der Waals surface area contributed by atoms with Gasteiger partial charge >= 0.3 is 6.03 Å². The third-order valence-electron chi connectivity index (χ3n) is 6.22. The largest absolute Gasteiger partial charge is 0.497 e. The second-order valence-corrected chi connectivity index (χ2v) is 8.52. The Morgan fingerprint density at radius 1 is 1.09 bits per heavy atom. The molecule has 0 spiro atoms. The molecular formula is C26H31N3O3. The van der Waals surface area contributed by atoms with Crippen molar-refractivity contribution >= 4 is 16.9 Å². The van der Waals surface area contributed by atoms with E-state index in [0.29, 0.717) is 12.1 Å². The van der Waals surface area contributed by atoms with Crippen LogP contribution in [0.25, 0.3) is 10.9 Å². The monoisotopic (exact) mass is 433 g/mol. The first-order chi connectivity index (χ1) is 15.6. The number of ether oxygens (including phenoxy) is 1. The average Bonchev–Trinajstić information content (AvgIpc) is 2.83. The number of nitrogens with one attached hydrogen (secondary N) is 2. The van der Waals surface area contributed by atoms with E-state index in [2.05, 4.69) is 22.4 Å². The number of amides is 2. The van der Waals surface area contributed by atoms with Crippen LogP contribution in [0.5, 0.6) is 5.75 Å². The van der Waals surface area contributed by atoms with Crippen LogP contribution in [0.2, 0.25) is 0 Å². The standard InChI is InChI=1S/C26H31N3O3/c1-32-23-12-13-24-20(17-23)16-21(25(30)28-24)18-29(15-14-19-8-4-2-5-9-19)26(31)27-22-10-6-3-7-11-22/h2,4-5,8-9,12-13,16-17,22H,3,6-7,10-11,14-15,18H2,1H3,(H,27,31)(H,28,30). The van der Waals surface area contributed by atoms with Gasteiger partial charge in [0.05, 0.1) is 13.7 Å². The summed E-state index contributed by atoms with van der Waals surface area (Å²) < 4.78 is 5.32. The van der Waals surface area contributed by atoms with Gasteiger partial charge in [-0.1, -0.05) is 49.6 Å². The average molecular weight is 434 g/mol. The molecular weight excluding hydrogens is 402 g/mol. The number of methoxy groups -OCH3 is 1. The number of aromatic amines is 1. The Kier molecular flexibility index (Phi) is 7.10. The third kappa shape index (κ3) is 5.49. The van der Waals surface area contributed by atoms with Crippen LogP contribution < -0.4 is 15.6 Å². The van der Waals surface area contributed by atoms with Crippen molar-refractivity contribution in [3.8, 4) is 5.75 Å². The maximum Gasteiger partial charge on any atom is 0.317 e. The molecule has 3 aromatic rings. The van der Waals surface area contributed by atoms with Gasteiger partial charge in [0.1, 0.15) is 5.75 Å². The zero-order valence-corrected chi connectivity index (χ0v) is 18.6. The molecule has 2 aromatic carbocycles. The molecule has 0 radical (unpaired) electrons. The maximum absolute atomic E-state index is 13.2. The van der Waals surface area contributed by atoms with Crippen LogP contribution in [0.1, 0.15) is 43.2 Å². The van der Waals surface area contributed by atoms with E-state index in [9.17, 15) is 9.59 Å². The number of aromatic nitrogens is 1. The third-order valence-corrected chi connectivity index (χ3v) is 6.22. The zero-order chi connectivity index (χ0) is 22.3. The van der Waals surface area contributed by atoms with Gasteiger partial charge in [0.25, 0.3) is 5.56 Å². The minimum Gasteiger partial charge on any atom is -0.497 e. The number of benzene rings is 2. The van der Waals surface area contributed by atoms with Gasteiger partial charge in [0.15, 0.2) is 0 Å². The molecule has 6 nitrogen and oxygen atoms in total. The Balaban J connectivity index is 1.56. The highest BCUT2D eigenvalue weighted by Crippen LogP contribution is 2.20. The summed E-state index contributed by atoms with van der Waals surface area (Å²) in [7, 11) is 1.62. The van der Waals surface area contributed by atoms with Crippen molar-refractivity contribution in [2.45, 2.75) is 51.1 Å². The van der Waals surface area contributed by atoms with Crippen molar-refractivity contribution in [3.63, 3.8) is 0 Å². The van der Waals surface area contributed by atoms with Gasteiger partial charge in [0, 0.05) is 29.1 Å². The highest BCUT2D eigenvalue weighted by molar-refractivity contribution is 5.81. The zero-order valence-electron chi connectivity index (χ0n) is 18.6. The lowest BCUT2D eigenvalue weighted by Gasteiger charge is -2.28. The molecule has 32 heavy (non-hydrogen) atoms. The molecule has 1 aliphatic carbocycles. The predicted molar refractivity (Wildman–Crippen MR) is 127 cm³/mol. The summed E-state index contributed by atoms with van der Waals surface area (Å²) in [5.74, 6) is 0.728. The number of carbonyl (C=O) groups excluding carboxylic acids is 1. The van der Waals surface area contributed by atoms with E-state index in [1.807, 2.05) is 42.5 Å². The van der Waals surface area contributed by atoms with Gasteiger partial charge in [0.2, 0.25) is 0 Å². The number of pyridine rings is 1. The summed E-state index contributed by atoms with van der Waals surface area (Å²) in [6, 6.07) is 17.6. The van der Waals surface area contributed by atoms with E-state index in [1.54, 1.807) is 12.0 Å². The summed E-state index contributed by atoms with van der Waals surface area (Å²) in [4.78, 5) is 30.7. The Labute approximate surface area is 188 Å². The summed E-state index contributed by atoms with van der Waals surface area (Å²) in [5.41, 5.74) is 2.32. The smallest absolute Gasteiger partial charge is 0.317 e. The summed E-state index contributed by atoms with van der Waals surface area (Å²) >= 11 is 0. The quantitative estimate of drug-likeness (QED) is 0.571. The molecule has 6 heteroatoms. The first kappa shape index (κ1) is 21.9. The maximum atomic E-state index is 13.2. The molecule has 0 bridgehead atoms. The topological polar surface area (TPSA) is 74.4 Å². The van der Waals surface area contributed by atoms with Crippen LogP contribution in [-0.2, 0) is 13.0 Å². The molecule has 1 heterocycles. The van der Waals surface area contributed by atoms with Crippen molar-refractivity contribution in [2.75, 3.05) is 13.7 Å². The molecule has 0 unspecified atom stereocenters. The van der Waals surface area contributed by atoms with Gasteiger partial charge in [-0.3, -0.25) is 4.79 Å². The molecule has 1 saturated carbocycles. The molecule has 1 fully saturated rings. The first-order valence-electron chi connectivity index (χ1n) is 11.4. The van der Waals surface area contributed by atoms with Crippen molar-refractivity contribution in [2.24, 2.45) is 0 Å². The minimum atomic E-state index is -0.169. The van der Waals surface area contributed by atoms with Gasteiger partial charge < -0.3 is 19.9 Å². The highest BCUT2D eigenvalue weighted by atomic mass is 16.5. The molecule has 1 aromatic heterocycles. The lowest BCUT2D eigenvalue weighted by molar-refractivity contribution is 0.187. The molecule has 0 atom stereocenters. The first-order valence-corrected chi connectivity index (χ1v) is 11.4. The molecule has 168 valence electrons. The van der Waals surface area contributed by atoms with E-state index >= 15 is 0 Å². The lowest BCUT2D eigenvalue weighted by atomic mass is 9.96. The van der Waals surface area contributed by atoms with Crippen molar-refractivity contribution in [1.29, 1.82) is 0 Å². The molecule has 1 aliphatic rings. The minimum absolute atomic E-state index is 0.0991. The van der Waals surface area contributed by atoms with Crippen LogP contribution >= 0.6 is 0 Å². The van der Waals surface area contributed by atoms with Gasteiger partial charge in [-0.05, 0) is 49.1 Å². The van der Waals surface area contributed by atoms with Crippen LogP contribution in [0.4, 0.5) is 4.79 Å². The number of urea groups is 1. The normalized spacial score (nSPS) is 14.3. The van der Waals surface area contributed by atoms with Gasteiger partial charge in [-0.25, -0.2) is 4.79 Å². The fraction of sp³-hybridized carbons (Fsp3) is 0.385. The predicted octanol–water partition coefficient (Wildman–Crippen LogP) is 4.62. The second kappa shape index (κ2) is 10.4. The number of H-pyrrole nitrogens is 1. The van der Waals surface area contributed by atoms with Crippen LogP contribution in [0, 0.1) is 0 Å². The summed E-state index contributed by atoms with van der Waals surface area (Å²) in [5, 5.41) is 4.09. The number of rotatable bonds is 7. The van der Waals surface area contributed by atoms with Crippen LogP contribution in [0.15, 0.2) is 59.4 Å². The van der Waals surface area contributed by atoms with E-state index in [4.69, 9.17) is 4.74 Å². The number of nitrogens with zero attached hydrogens (tertiary/aromatic N) is 1. The summed E-state index contributed by atoms with van der Waals surface area (Å²) in [6.07, 6.45) is 6.32. The SMILES string of the molecule is COc1ccc2[nH]c(=O)c(CN(CCc3ccccc3)C(=O)NC3CCCCC3)cc2c1. The highest BCUT2D eigenvalue weighted by Gasteiger charge is 2.21. The van der Waals surface area contributed by atoms with E-state index in [1.165, 1.54) is 12.0 Å². The van der Waals surface area contributed by atoms with Gasteiger partial charge in [-0.2, -0.15) is 0 Å². The summed E-state index contributed by atoms with van der Waals surface area (Å²) in [6.45, 7) is 0.798. The number of hydrogen-bond acceptors (Lipinski definition) is 3. The van der Waals surface area contributed by atoms with Gasteiger partial charge in [-0.15, -0.1) is 0 Å². The number of hydrogen-bond donors (Lipinski definition) is 2. The van der Waals surface area contributed by atoms with E-state index < -0.39 is 0 Å². The van der Waals surface area contributed by atoms with Crippen molar-refractivity contribution < 1.29 is 9.53 Å². The fourth-order valence-electron chi connectivity index (χ4n) is 4.35. The van der Waals surface area contributed by atoms with E-state index in [-0.39, 0.29) is 24.2 Å².